The van der Waals surface area contributed by atoms with Crippen LogP contribution in [0.25, 0.3) is 0 Å². The van der Waals surface area contributed by atoms with E-state index in [0.29, 0.717) is 5.69 Å². The Morgan fingerprint density at radius 3 is 2.61 bits per heavy atom. The van der Waals surface area contributed by atoms with E-state index in [-0.39, 0.29) is 5.69 Å². The quantitative estimate of drug-likeness (QED) is 0.622. The second-order valence-corrected chi connectivity index (χ2v) is 5.49. The normalized spacial score (nSPS) is 15.6. The molecule has 0 amide bonds. The molecular formula is C15H18N6O2. The minimum absolute atomic E-state index is 0.0648. The second kappa shape index (κ2) is 6.66. The number of hydrogen-bond acceptors (Lipinski definition) is 7. The molecule has 2 aromatic rings. The van der Waals surface area contributed by atoms with E-state index in [1.807, 2.05) is 0 Å². The molecule has 0 radical (unpaired) electrons. The summed E-state index contributed by atoms with van der Waals surface area (Å²) < 4.78 is 0. The van der Waals surface area contributed by atoms with E-state index in [1.165, 1.54) is 6.07 Å². The average Bonchev–Trinajstić information content (AvgIpc) is 2.56. The number of aromatic nitrogens is 3. The summed E-state index contributed by atoms with van der Waals surface area (Å²) in [5.41, 5.74) is 1.48. The number of aryl methyl sites for hydroxylation is 1. The molecule has 0 N–H and O–H groups in total. The van der Waals surface area contributed by atoms with Crippen LogP contribution >= 0.6 is 0 Å². The Bertz CT molecular complexity index is 686. The molecule has 2 aromatic heterocycles. The van der Waals surface area contributed by atoms with E-state index in [4.69, 9.17) is 0 Å². The summed E-state index contributed by atoms with van der Waals surface area (Å²) in [6.45, 7) is 5.93. The van der Waals surface area contributed by atoms with Crippen molar-refractivity contribution >= 4 is 11.5 Å². The predicted molar refractivity (Wildman–Crippen MR) is 85.2 cm³/mol. The molecule has 0 atom stereocenters. The third-order valence-corrected chi connectivity index (χ3v) is 3.94. The van der Waals surface area contributed by atoms with Crippen molar-refractivity contribution in [2.45, 2.75) is 13.5 Å². The molecule has 8 nitrogen and oxygen atoms in total. The smallest absolute Gasteiger partial charge is 0.290 e. The Morgan fingerprint density at radius 1 is 1.22 bits per heavy atom. The van der Waals surface area contributed by atoms with E-state index in [0.717, 1.165) is 44.2 Å². The predicted octanol–water partition coefficient (Wildman–Crippen LogP) is 1.41. The fraction of sp³-hybridized carbons (Fsp3) is 0.400. The van der Waals surface area contributed by atoms with Crippen LogP contribution in [-0.4, -0.2) is 51.0 Å². The molecule has 3 rings (SSSR count). The van der Waals surface area contributed by atoms with Crippen molar-refractivity contribution in [1.29, 1.82) is 0 Å². The first-order valence-electron chi connectivity index (χ1n) is 7.48. The van der Waals surface area contributed by atoms with Gasteiger partial charge in [0, 0.05) is 57.4 Å². The molecule has 120 valence electrons. The molecule has 8 heteroatoms. The van der Waals surface area contributed by atoms with Crippen LogP contribution in [0.15, 0.2) is 30.7 Å². The molecule has 0 unspecified atom stereocenters. The van der Waals surface area contributed by atoms with Crippen LogP contribution in [0, 0.1) is 17.0 Å². The van der Waals surface area contributed by atoms with Gasteiger partial charge in [0.05, 0.1) is 10.6 Å². The van der Waals surface area contributed by atoms with Crippen LogP contribution < -0.4 is 4.90 Å². The van der Waals surface area contributed by atoms with Crippen LogP contribution in [0.3, 0.4) is 0 Å². The first-order valence-corrected chi connectivity index (χ1v) is 7.48. The SMILES string of the molecule is Cc1nc(N2CCN(Cc3cnccn3)CC2)ccc1[N+](=O)[O-]. The van der Waals surface area contributed by atoms with Gasteiger partial charge in [-0.3, -0.25) is 25.0 Å². The zero-order valence-electron chi connectivity index (χ0n) is 12.9. The van der Waals surface area contributed by atoms with Gasteiger partial charge in [-0.05, 0) is 13.0 Å². The van der Waals surface area contributed by atoms with Crippen LogP contribution in [0.2, 0.25) is 0 Å². The zero-order chi connectivity index (χ0) is 16.2. The van der Waals surface area contributed by atoms with Crippen molar-refractivity contribution in [2.24, 2.45) is 0 Å². The van der Waals surface area contributed by atoms with E-state index < -0.39 is 4.92 Å². The lowest BCUT2D eigenvalue weighted by Crippen LogP contribution is -2.46. The molecule has 0 aliphatic carbocycles. The maximum Gasteiger partial charge on any atom is 0.290 e. The van der Waals surface area contributed by atoms with Crippen LogP contribution in [0.1, 0.15) is 11.4 Å². The van der Waals surface area contributed by atoms with Crippen LogP contribution in [-0.2, 0) is 6.54 Å². The summed E-state index contributed by atoms with van der Waals surface area (Å²) in [5.74, 6) is 0.798. The summed E-state index contributed by atoms with van der Waals surface area (Å²) >= 11 is 0. The molecule has 1 fully saturated rings. The Morgan fingerprint density at radius 2 is 2.00 bits per heavy atom. The first-order chi connectivity index (χ1) is 11.1. The van der Waals surface area contributed by atoms with E-state index in [1.54, 1.807) is 31.6 Å². The number of piperazine rings is 1. The van der Waals surface area contributed by atoms with Crippen molar-refractivity contribution in [3.05, 3.63) is 52.2 Å². The Labute approximate surface area is 134 Å². The molecule has 0 saturated carbocycles. The number of anilines is 1. The first kappa shape index (κ1) is 15.3. The van der Waals surface area contributed by atoms with Crippen molar-refractivity contribution in [2.75, 3.05) is 31.1 Å². The summed E-state index contributed by atoms with van der Waals surface area (Å²) in [6, 6.07) is 3.26. The zero-order valence-corrected chi connectivity index (χ0v) is 12.9. The number of pyridine rings is 1. The van der Waals surface area contributed by atoms with E-state index >= 15 is 0 Å². The number of hydrogen-bond donors (Lipinski definition) is 0. The molecule has 1 aliphatic rings. The molecule has 0 bridgehead atoms. The van der Waals surface area contributed by atoms with Gasteiger partial charge < -0.3 is 4.90 Å². The van der Waals surface area contributed by atoms with Crippen molar-refractivity contribution in [3.63, 3.8) is 0 Å². The Kier molecular flexibility index (Phi) is 4.42. The topological polar surface area (TPSA) is 88.3 Å². The highest BCUT2D eigenvalue weighted by atomic mass is 16.6. The maximum absolute atomic E-state index is 10.9. The Hall–Kier alpha value is -2.61. The minimum Gasteiger partial charge on any atom is -0.354 e. The molecule has 23 heavy (non-hydrogen) atoms. The van der Waals surface area contributed by atoms with Gasteiger partial charge in [0.15, 0.2) is 0 Å². The Balaban J connectivity index is 1.60. The average molecular weight is 314 g/mol. The summed E-state index contributed by atoms with van der Waals surface area (Å²) in [5, 5.41) is 10.9. The minimum atomic E-state index is -0.398. The largest absolute Gasteiger partial charge is 0.354 e. The molecule has 1 aliphatic heterocycles. The van der Waals surface area contributed by atoms with Crippen LogP contribution in [0.4, 0.5) is 11.5 Å². The number of rotatable bonds is 4. The van der Waals surface area contributed by atoms with Gasteiger partial charge in [-0.15, -0.1) is 0 Å². The number of nitrogens with zero attached hydrogens (tertiary/aromatic N) is 6. The van der Waals surface area contributed by atoms with Crippen molar-refractivity contribution < 1.29 is 4.92 Å². The van der Waals surface area contributed by atoms with Gasteiger partial charge in [0.1, 0.15) is 11.5 Å². The second-order valence-electron chi connectivity index (χ2n) is 5.49. The van der Waals surface area contributed by atoms with Crippen molar-refractivity contribution in [3.8, 4) is 0 Å². The fourth-order valence-corrected chi connectivity index (χ4v) is 2.69. The van der Waals surface area contributed by atoms with Gasteiger partial charge >= 0.3 is 0 Å². The third kappa shape index (κ3) is 3.59. The lowest BCUT2D eigenvalue weighted by molar-refractivity contribution is -0.385. The monoisotopic (exact) mass is 314 g/mol. The maximum atomic E-state index is 10.9. The summed E-state index contributed by atoms with van der Waals surface area (Å²) in [4.78, 5) is 27.7. The highest BCUT2D eigenvalue weighted by molar-refractivity contribution is 5.47. The lowest BCUT2D eigenvalue weighted by atomic mass is 10.2. The van der Waals surface area contributed by atoms with Crippen molar-refractivity contribution in [1.82, 2.24) is 19.9 Å². The molecule has 0 aromatic carbocycles. The van der Waals surface area contributed by atoms with E-state index in [2.05, 4.69) is 24.8 Å². The fourth-order valence-electron chi connectivity index (χ4n) is 2.69. The molecular weight excluding hydrogens is 296 g/mol. The van der Waals surface area contributed by atoms with Gasteiger partial charge in [0.2, 0.25) is 0 Å². The van der Waals surface area contributed by atoms with Gasteiger partial charge in [-0.25, -0.2) is 4.98 Å². The molecule has 0 spiro atoms. The number of nitro groups is 1. The lowest BCUT2D eigenvalue weighted by Gasteiger charge is -2.35. The summed E-state index contributed by atoms with van der Waals surface area (Å²) in [6.07, 6.45) is 5.16. The van der Waals surface area contributed by atoms with Crippen LogP contribution in [0.5, 0.6) is 0 Å². The summed E-state index contributed by atoms with van der Waals surface area (Å²) in [7, 11) is 0. The molecule has 1 saturated heterocycles. The van der Waals surface area contributed by atoms with Gasteiger partial charge in [0.25, 0.3) is 5.69 Å². The standard InChI is InChI=1S/C15H18N6O2/c1-12-14(21(22)23)2-3-15(18-12)20-8-6-19(7-9-20)11-13-10-16-4-5-17-13/h2-5,10H,6-9,11H2,1H3. The van der Waals surface area contributed by atoms with Gasteiger partial charge in [-0.2, -0.15) is 0 Å². The highest BCUT2D eigenvalue weighted by Crippen LogP contribution is 2.21. The molecule has 3 heterocycles. The van der Waals surface area contributed by atoms with Gasteiger partial charge in [-0.1, -0.05) is 0 Å². The highest BCUT2D eigenvalue weighted by Gasteiger charge is 2.20. The van der Waals surface area contributed by atoms with E-state index in [9.17, 15) is 10.1 Å². The third-order valence-electron chi connectivity index (χ3n) is 3.94.